The fourth-order valence-electron chi connectivity index (χ4n) is 1.68. The second-order valence-electron chi connectivity index (χ2n) is 3.76. The van der Waals surface area contributed by atoms with E-state index in [1.807, 2.05) is 29.8 Å². The number of hydrogen-bond acceptors (Lipinski definition) is 2. The van der Waals surface area contributed by atoms with Gasteiger partial charge in [0.1, 0.15) is 0 Å². The maximum atomic E-state index is 5.89. The first kappa shape index (κ1) is 9.93. The molecule has 0 aliphatic heterocycles. The third kappa shape index (κ3) is 1.78. The molecule has 1 aromatic heterocycles. The summed E-state index contributed by atoms with van der Waals surface area (Å²) in [5.41, 5.74) is 9.28. The number of rotatable bonds is 2. The Bertz CT molecular complexity index is 457. The Labute approximate surface area is 89.6 Å². The van der Waals surface area contributed by atoms with Crippen LogP contribution in [0.15, 0.2) is 36.8 Å². The van der Waals surface area contributed by atoms with Gasteiger partial charge in [-0.1, -0.05) is 18.2 Å². The summed E-state index contributed by atoms with van der Waals surface area (Å²) in [5.74, 6) is 0. The molecule has 0 spiro atoms. The molecule has 1 unspecified atom stereocenters. The first-order chi connectivity index (χ1) is 7.20. The molecule has 0 radical (unpaired) electrons. The van der Waals surface area contributed by atoms with Crippen LogP contribution in [0.4, 0.5) is 0 Å². The molecule has 1 atom stereocenters. The highest BCUT2D eigenvalue weighted by Gasteiger charge is 2.09. The van der Waals surface area contributed by atoms with Crippen molar-refractivity contribution in [2.24, 2.45) is 5.73 Å². The summed E-state index contributed by atoms with van der Waals surface area (Å²) < 4.78 is 2.04. The molecule has 15 heavy (non-hydrogen) atoms. The van der Waals surface area contributed by atoms with Crippen LogP contribution in [0.2, 0.25) is 0 Å². The highest BCUT2D eigenvalue weighted by molar-refractivity contribution is 5.41. The Morgan fingerprint density at radius 1 is 1.33 bits per heavy atom. The number of hydrogen-bond donors (Lipinski definition) is 1. The van der Waals surface area contributed by atoms with E-state index in [1.54, 1.807) is 6.33 Å². The zero-order valence-corrected chi connectivity index (χ0v) is 9.01. The topological polar surface area (TPSA) is 43.8 Å². The molecule has 3 heteroatoms. The van der Waals surface area contributed by atoms with Gasteiger partial charge < -0.3 is 10.3 Å². The fraction of sp³-hybridized carbons (Fsp3) is 0.250. The molecule has 0 aliphatic rings. The van der Waals surface area contributed by atoms with E-state index in [4.69, 9.17) is 5.73 Å². The number of nitrogens with two attached hydrogens (primary N) is 1. The highest BCUT2D eigenvalue weighted by Crippen LogP contribution is 2.18. The van der Waals surface area contributed by atoms with Crippen LogP contribution in [-0.2, 0) is 0 Å². The summed E-state index contributed by atoms with van der Waals surface area (Å²) in [5, 5.41) is 0. The third-order valence-corrected chi connectivity index (χ3v) is 2.51. The van der Waals surface area contributed by atoms with Gasteiger partial charge >= 0.3 is 0 Å². The fourth-order valence-corrected chi connectivity index (χ4v) is 1.68. The maximum absolute atomic E-state index is 5.89. The van der Waals surface area contributed by atoms with Gasteiger partial charge in [0.2, 0.25) is 0 Å². The molecule has 0 fully saturated rings. The molecule has 0 saturated carbocycles. The molecule has 0 amide bonds. The lowest BCUT2D eigenvalue weighted by Gasteiger charge is -2.12. The van der Waals surface area contributed by atoms with Crippen LogP contribution >= 0.6 is 0 Å². The minimum Gasteiger partial charge on any atom is -0.323 e. The van der Waals surface area contributed by atoms with E-state index in [2.05, 4.69) is 24.0 Å². The summed E-state index contributed by atoms with van der Waals surface area (Å²) in [6, 6.07) is 8.20. The summed E-state index contributed by atoms with van der Waals surface area (Å²) in [6.07, 6.45) is 3.62. The summed E-state index contributed by atoms with van der Waals surface area (Å²) in [4.78, 5) is 4.14. The SMILES string of the molecule is Cc1ccccc1-n1cncc1C(C)N. The van der Waals surface area contributed by atoms with E-state index < -0.39 is 0 Å². The van der Waals surface area contributed by atoms with Crippen molar-refractivity contribution < 1.29 is 0 Å². The summed E-state index contributed by atoms with van der Waals surface area (Å²) >= 11 is 0. The van der Waals surface area contributed by atoms with Crippen LogP contribution in [-0.4, -0.2) is 9.55 Å². The molecule has 3 nitrogen and oxygen atoms in total. The Morgan fingerprint density at radius 3 is 2.73 bits per heavy atom. The van der Waals surface area contributed by atoms with Gasteiger partial charge in [-0.3, -0.25) is 0 Å². The lowest BCUT2D eigenvalue weighted by Crippen LogP contribution is -2.11. The molecule has 78 valence electrons. The molecule has 0 bridgehead atoms. The molecule has 2 aromatic rings. The normalized spacial score (nSPS) is 12.7. The number of aromatic nitrogens is 2. The van der Waals surface area contributed by atoms with Gasteiger partial charge in [-0.2, -0.15) is 0 Å². The molecule has 2 N–H and O–H groups in total. The van der Waals surface area contributed by atoms with Crippen LogP contribution in [0.5, 0.6) is 0 Å². The van der Waals surface area contributed by atoms with E-state index in [9.17, 15) is 0 Å². The number of nitrogens with zero attached hydrogens (tertiary/aromatic N) is 2. The van der Waals surface area contributed by atoms with Crippen molar-refractivity contribution in [2.45, 2.75) is 19.9 Å². The van der Waals surface area contributed by atoms with Crippen molar-refractivity contribution in [2.75, 3.05) is 0 Å². The predicted octanol–water partition coefficient (Wildman–Crippen LogP) is 2.20. The standard InChI is InChI=1S/C12H15N3/c1-9-5-3-4-6-11(9)15-8-14-7-12(15)10(2)13/h3-8,10H,13H2,1-2H3. The Kier molecular flexibility index (Phi) is 2.56. The first-order valence-electron chi connectivity index (χ1n) is 5.04. The first-order valence-corrected chi connectivity index (χ1v) is 5.04. The second-order valence-corrected chi connectivity index (χ2v) is 3.76. The van der Waals surface area contributed by atoms with E-state index in [0.29, 0.717) is 0 Å². The molecule has 1 aromatic carbocycles. The zero-order chi connectivity index (χ0) is 10.8. The monoisotopic (exact) mass is 201 g/mol. The van der Waals surface area contributed by atoms with Crippen LogP contribution in [0.3, 0.4) is 0 Å². The minimum atomic E-state index is -0.00731. The van der Waals surface area contributed by atoms with Gasteiger partial charge in [0.25, 0.3) is 0 Å². The van der Waals surface area contributed by atoms with Crippen molar-refractivity contribution in [3.63, 3.8) is 0 Å². The van der Waals surface area contributed by atoms with E-state index in [1.165, 1.54) is 5.56 Å². The van der Waals surface area contributed by atoms with Gasteiger partial charge in [-0.25, -0.2) is 4.98 Å². The molecular weight excluding hydrogens is 186 g/mol. The quantitative estimate of drug-likeness (QED) is 0.809. The average Bonchev–Trinajstić information content (AvgIpc) is 2.67. The highest BCUT2D eigenvalue weighted by atomic mass is 15.1. The second kappa shape index (κ2) is 3.87. The molecule has 1 heterocycles. The Hall–Kier alpha value is -1.61. The van der Waals surface area contributed by atoms with Crippen molar-refractivity contribution in [1.82, 2.24) is 9.55 Å². The molecule has 0 aliphatic carbocycles. The van der Waals surface area contributed by atoms with Gasteiger partial charge in [-0.15, -0.1) is 0 Å². The van der Waals surface area contributed by atoms with Gasteiger partial charge in [0.05, 0.1) is 18.2 Å². The van der Waals surface area contributed by atoms with Gasteiger partial charge in [0, 0.05) is 11.7 Å². The maximum Gasteiger partial charge on any atom is 0.0994 e. The van der Waals surface area contributed by atoms with Gasteiger partial charge in [0.15, 0.2) is 0 Å². The number of aryl methyl sites for hydroxylation is 1. The Balaban J connectivity index is 2.55. The minimum absolute atomic E-state index is 0.00731. The zero-order valence-electron chi connectivity index (χ0n) is 9.01. The van der Waals surface area contributed by atoms with Crippen molar-refractivity contribution in [1.29, 1.82) is 0 Å². The van der Waals surface area contributed by atoms with E-state index in [-0.39, 0.29) is 6.04 Å². The van der Waals surface area contributed by atoms with Crippen LogP contribution in [0.25, 0.3) is 5.69 Å². The molecule has 0 saturated heterocycles. The summed E-state index contributed by atoms with van der Waals surface area (Å²) in [7, 11) is 0. The molecule has 2 rings (SSSR count). The van der Waals surface area contributed by atoms with Crippen molar-refractivity contribution in [3.05, 3.63) is 48.0 Å². The Morgan fingerprint density at radius 2 is 2.07 bits per heavy atom. The van der Waals surface area contributed by atoms with Crippen molar-refractivity contribution in [3.8, 4) is 5.69 Å². The van der Waals surface area contributed by atoms with Crippen molar-refractivity contribution >= 4 is 0 Å². The van der Waals surface area contributed by atoms with E-state index >= 15 is 0 Å². The van der Waals surface area contributed by atoms with Crippen LogP contribution in [0, 0.1) is 6.92 Å². The van der Waals surface area contributed by atoms with E-state index in [0.717, 1.165) is 11.4 Å². The number of para-hydroxylation sites is 1. The summed E-state index contributed by atoms with van der Waals surface area (Å²) in [6.45, 7) is 4.05. The lowest BCUT2D eigenvalue weighted by atomic mass is 10.2. The molecular formula is C12H15N3. The third-order valence-electron chi connectivity index (χ3n) is 2.51. The lowest BCUT2D eigenvalue weighted by molar-refractivity contribution is 0.751. The average molecular weight is 201 g/mol. The van der Waals surface area contributed by atoms with Crippen LogP contribution < -0.4 is 5.73 Å². The number of imidazole rings is 1. The smallest absolute Gasteiger partial charge is 0.0994 e. The van der Waals surface area contributed by atoms with Crippen LogP contribution in [0.1, 0.15) is 24.2 Å². The predicted molar refractivity (Wildman–Crippen MR) is 60.9 cm³/mol. The number of benzene rings is 1. The van der Waals surface area contributed by atoms with Gasteiger partial charge in [-0.05, 0) is 25.5 Å². The largest absolute Gasteiger partial charge is 0.323 e.